The molecule has 0 saturated carbocycles. The van der Waals surface area contributed by atoms with Gasteiger partial charge in [-0.05, 0) is 30.7 Å². The van der Waals surface area contributed by atoms with Crippen LogP contribution in [0.15, 0.2) is 42.6 Å². The Morgan fingerprint density at radius 1 is 1.26 bits per heavy atom. The van der Waals surface area contributed by atoms with Crippen molar-refractivity contribution < 1.29 is 9.90 Å². The van der Waals surface area contributed by atoms with Crippen LogP contribution in [0.5, 0.6) is 0 Å². The highest BCUT2D eigenvalue weighted by molar-refractivity contribution is 6.33. The molecule has 1 aromatic carbocycles. The average molecular weight is 274 g/mol. The fraction of sp³-hybridized carbons (Fsp3) is 0.0667. The number of carboxylic acids is 1. The third kappa shape index (κ3) is 3.20. The van der Waals surface area contributed by atoms with E-state index in [9.17, 15) is 9.90 Å². The van der Waals surface area contributed by atoms with Gasteiger partial charge < -0.3 is 5.11 Å². The summed E-state index contributed by atoms with van der Waals surface area (Å²) >= 11 is 6.03. The Labute approximate surface area is 116 Å². The number of nitrogens with zero attached hydrogens (tertiary/aromatic N) is 1. The van der Waals surface area contributed by atoms with Gasteiger partial charge in [-0.1, -0.05) is 35.9 Å². The number of pyridine rings is 1. The molecule has 0 radical (unpaired) electrons. The van der Waals surface area contributed by atoms with Crippen LogP contribution in [0.1, 0.15) is 16.8 Å². The fourth-order valence-corrected chi connectivity index (χ4v) is 1.83. The lowest BCUT2D eigenvalue weighted by Gasteiger charge is -2.04. The van der Waals surface area contributed by atoms with Crippen LogP contribution < -0.4 is 0 Å². The summed E-state index contributed by atoms with van der Waals surface area (Å²) in [5.74, 6) is -1.01. The SMILES string of the molecule is Cc1ccc(C(=Cc2ccccc2Cl)C(=O)O)cn1. The summed E-state index contributed by atoms with van der Waals surface area (Å²) in [6.45, 7) is 1.85. The van der Waals surface area contributed by atoms with Crippen LogP contribution in [0.25, 0.3) is 11.6 Å². The van der Waals surface area contributed by atoms with Gasteiger partial charge in [0.25, 0.3) is 0 Å². The van der Waals surface area contributed by atoms with E-state index >= 15 is 0 Å². The zero-order valence-electron chi connectivity index (χ0n) is 10.3. The molecule has 0 aliphatic heterocycles. The van der Waals surface area contributed by atoms with Crippen molar-refractivity contribution in [2.75, 3.05) is 0 Å². The normalized spacial score (nSPS) is 11.4. The number of carboxylic acid groups (broad SMARTS) is 1. The van der Waals surface area contributed by atoms with Crippen molar-refractivity contribution in [1.29, 1.82) is 0 Å². The minimum absolute atomic E-state index is 0.167. The summed E-state index contributed by atoms with van der Waals surface area (Å²) in [5.41, 5.74) is 2.23. The van der Waals surface area contributed by atoms with Gasteiger partial charge in [-0.3, -0.25) is 4.98 Å². The van der Waals surface area contributed by atoms with Crippen LogP contribution in [0.4, 0.5) is 0 Å². The lowest BCUT2D eigenvalue weighted by atomic mass is 10.0. The molecule has 0 atom stereocenters. The molecule has 2 aromatic rings. The van der Waals surface area contributed by atoms with Crippen LogP contribution in [-0.2, 0) is 4.79 Å². The Balaban J connectivity index is 2.50. The molecule has 0 bridgehead atoms. The molecular weight excluding hydrogens is 262 g/mol. The predicted octanol–water partition coefficient (Wildman–Crippen LogP) is 3.67. The van der Waals surface area contributed by atoms with E-state index in [1.54, 1.807) is 42.6 Å². The lowest BCUT2D eigenvalue weighted by Crippen LogP contribution is -2.00. The number of aliphatic carboxylic acids is 1. The summed E-state index contributed by atoms with van der Waals surface area (Å²) in [5, 5.41) is 9.82. The van der Waals surface area contributed by atoms with Crippen molar-refractivity contribution in [3.63, 3.8) is 0 Å². The molecule has 4 heteroatoms. The number of hydrogen-bond acceptors (Lipinski definition) is 2. The molecular formula is C15H12ClNO2. The van der Waals surface area contributed by atoms with E-state index in [2.05, 4.69) is 4.98 Å². The molecule has 1 aromatic heterocycles. The number of carbonyl (C=O) groups is 1. The highest BCUT2D eigenvalue weighted by Gasteiger charge is 2.11. The summed E-state index contributed by atoms with van der Waals surface area (Å²) in [7, 11) is 0. The van der Waals surface area contributed by atoms with Gasteiger partial charge in [0.15, 0.2) is 0 Å². The summed E-state index contributed by atoms with van der Waals surface area (Å²) in [6.07, 6.45) is 3.10. The van der Waals surface area contributed by atoms with Gasteiger partial charge in [0.1, 0.15) is 0 Å². The summed E-state index contributed by atoms with van der Waals surface area (Å²) in [4.78, 5) is 15.5. The second-order valence-electron chi connectivity index (χ2n) is 4.07. The van der Waals surface area contributed by atoms with Gasteiger partial charge in [0.05, 0.1) is 5.57 Å². The molecule has 0 amide bonds. The molecule has 0 saturated heterocycles. The first kappa shape index (κ1) is 13.3. The van der Waals surface area contributed by atoms with E-state index in [1.165, 1.54) is 0 Å². The topological polar surface area (TPSA) is 50.2 Å². The van der Waals surface area contributed by atoms with Crippen molar-refractivity contribution in [2.24, 2.45) is 0 Å². The summed E-state index contributed by atoms with van der Waals surface area (Å²) < 4.78 is 0. The van der Waals surface area contributed by atoms with Crippen molar-refractivity contribution >= 4 is 29.2 Å². The van der Waals surface area contributed by atoms with Crippen molar-refractivity contribution in [3.8, 4) is 0 Å². The monoisotopic (exact) mass is 273 g/mol. The quantitative estimate of drug-likeness (QED) is 0.868. The largest absolute Gasteiger partial charge is 0.478 e. The van der Waals surface area contributed by atoms with Crippen LogP contribution >= 0.6 is 11.6 Å². The van der Waals surface area contributed by atoms with Crippen LogP contribution in [0, 0.1) is 6.92 Å². The first-order valence-corrected chi connectivity index (χ1v) is 6.08. The average Bonchev–Trinajstić information content (AvgIpc) is 2.39. The summed E-state index contributed by atoms with van der Waals surface area (Å²) in [6, 6.07) is 10.6. The molecule has 96 valence electrons. The van der Waals surface area contributed by atoms with Gasteiger partial charge in [-0.2, -0.15) is 0 Å². The van der Waals surface area contributed by atoms with Gasteiger partial charge in [-0.25, -0.2) is 4.79 Å². The number of halogens is 1. The zero-order valence-corrected chi connectivity index (χ0v) is 11.1. The molecule has 0 fully saturated rings. The molecule has 1 N–H and O–H groups in total. The van der Waals surface area contributed by atoms with Crippen LogP contribution in [-0.4, -0.2) is 16.1 Å². The third-order valence-corrected chi connectivity index (χ3v) is 3.00. The Kier molecular flexibility index (Phi) is 3.97. The standard InChI is InChI=1S/C15H12ClNO2/c1-10-6-7-12(9-17-10)13(15(18)19)8-11-4-2-3-5-14(11)16/h2-9H,1H3,(H,18,19). The Morgan fingerprint density at radius 3 is 2.58 bits per heavy atom. The second-order valence-corrected chi connectivity index (χ2v) is 4.48. The molecule has 2 rings (SSSR count). The molecule has 1 heterocycles. The highest BCUT2D eigenvalue weighted by Crippen LogP contribution is 2.23. The van der Waals surface area contributed by atoms with E-state index in [1.807, 2.05) is 13.0 Å². The van der Waals surface area contributed by atoms with Crippen LogP contribution in [0.2, 0.25) is 5.02 Å². The zero-order chi connectivity index (χ0) is 13.8. The molecule has 0 spiro atoms. The van der Waals surface area contributed by atoms with Gasteiger partial charge in [0.2, 0.25) is 0 Å². The fourth-order valence-electron chi connectivity index (χ4n) is 1.64. The van der Waals surface area contributed by atoms with E-state index < -0.39 is 5.97 Å². The minimum Gasteiger partial charge on any atom is -0.478 e. The Morgan fingerprint density at radius 2 is 2.00 bits per heavy atom. The van der Waals surface area contributed by atoms with E-state index in [0.717, 1.165) is 5.69 Å². The van der Waals surface area contributed by atoms with E-state index in [4.69, 9.17) is 11.6 Å². The molecule has 3 nitrogen and oxygen atoms in total. The Hall–Kier alpha value is -2.13. The first-order chi connectivity index (χ1) is 9.08. The number of rotatable bonds is 3. The van der Waals surface area contributed by atoms with Gasteiger partial charge >= 0.3 is 5.97 Å². The number of aromatic nitrogens is 1. The molecule has 0 aliphatic rings. The third-order valence-electron chi connectivity index (χ3n) is 2.66. The van der Waals surface area contributed by atoms with Crippen molar-refractivity contribution in [3.05, 3.63) is 64.4 Å². The first-order valence-electron chi connectivity index (χ1n) is 5.70. The minimum atomic E-state index is -1.01. The number of benzene rings is 1. The van der Waals surface area contributed by atoms with Crippen molar-refractivity contribution in [1.82, 2.24) is 4.98 Å². The predicted molar refractivity (Wildman–Crippen MR) is 75.9 cm³/mol. The number of hydrogen-bond donors (Lipinski definition) is 1. The highest BCUT2D eigenvalue weighted by atomic mass is 35.5. The molecule has 0 aliphatic carbocycles. The molecule has 0 unspecified atom stereocenters. The number of aryl methyl sites for hydroxylation is 1. The van der Waals surface area contributed by atoms with Gasteiger partial charge in [-0.15, -0.1) is 0 Å². The van der Waals surface area contributed by atoms with E-state index in [0.29, 0.717) is 16.1 Å². The van der Waals surface area contributed by atoms with Crippen molar-refractivity contribution in [2.45, 2.75) is 6.92 Å². The smallest absolute Gasteiger partial charge is 0.336 e. The molecule has 19 heavy (non-hydrogen) atoms. The lowest BCUT2D eigenvalue weighted by molar-refractivity contribution is -0.130. The maximum atomic E-state index is 11.4. The van der Waals surface area contributed by atoms with E-state index in [-0.39, 0.29) is 5.57 Å². The van der Waals surface area contributed by atoms with Gasteiger partial charge in [0, 0.05) is 22.5 Å². The maximum absolute atomic E-state index is 11.4. The Bertz CT molecular complexity index is 633. The maximum Gasteiger partial charge on any atom is 0.336 e. The second kappa shape index (κ2) is 5.67. The van der Waals surface area contributed by atoms with Crippen LogP contribution in [0.3, 0.4) is 0 Å².